The summed E-state index contributed by atoms with van der Waals surface area (Å²) in [7, 11) is 0. The lowest BCUT2D eigenvalue weighted by Gasteiger charge is -2.09. The second-order valence-electron chi connectivity index (χ2n) is 5.15. The smallest absolute Gasteiger partial charge is 0.0597 e. The predicted octanol–water partition coefficient (Wildman–Crippen LogP) is 2.92. The molecule has 0 saturated carbocycles. The molecule has 21 heavy (non-hydrogen) atoms. The molecule has 2 aromatic rings. The molecular weight excluding hydrogens is 286 g/mol. The molecule has 5 nitrogen and oxygen atoms in total. The Balaban J connectivity index is 0.00000220. The number of nitrogens with one attached hydrogen (secondary N) is 1. The summed E-state index contributed by atoms with van der Waals surface area (Å²) in [4.78, 5) is 0. The molecule has 0 spiro atoms. The number of nitrogens with zero attached hydrogens (tertiary/aromatic N) is 4. The zero-order valence-electron chi connectivity index (χ0n) is 13.2. The summed E-state index contributed by atoms with van der Waals surface area (Å²) in [5.74, 6) is 0. The zero-order valence-corrected chi connectivity index (χ0v) is 14.0. The van der Waals surface area contributed by atoms with Crippen molar-refractivity contribution in [3.8, 4) is 0 Å². The molecule has 1 N–H and O–H groups in total. The second-order valence-corrected chi connectivity index (χ2v) is 5.15. The van der Waals surface area contributed by atoms with Crippen molar-refractivity contribution in [1.29, 1.82) is 0 Å². The normalized spacial score (nSPS) is 10.6. The first-order valence-electron chi connectivity index (χ1n) is 7.49. The van der Waals surface area contributed by atoms with Crippen LogP contribution in [0, 0.1) is 6.92 Å². The number of hydrogen-bond donors (Lipinski definition) is 1. The molecule has 2 rings (SSSR count). The van der Waals surface area contributed by atoms with E-state index in [-0.39, 0.29) is 12.4 Å². The van der Waals surface area contributed by atoms with Gasteiger partial charge in [-0.15, -0.1) is 12.4 Å². The Hall–Kier alpha value is -1.33. The standard InChI is InChI=1S/C15H25N5.ClH/c1-4-8-19-14(6-7-17-19)11-16-12-15-10-13(3)18-20(15)9-5-2;/h6-7,10,16H,4-5,8-9,11-12H2,1-3H3;1H. The third kappa shape index (κ3) is 4.86. The van der Waals surface area contributed by atoms with Crippen molar-refractivity contribution < 1.29 is 0 Å². The van der Waals surface area contributed by atoms with Crippen molar-refractivity contribution in [3.05, 3.63) is 35.4 Å². The van der Waals surface area contributed by atoms with Crippen LogP contribution < -0.4 is 5.32 Å². The fourth-order valence-electron chi connectivity index (χ4n) is 2.39. The van der Waals surface area contributed by atoms with Crippen LogP contribution in [-0.2, 0) is 26.2 Å². The summed E-state index contributed by atoms with van der Waals surface area (Å²) >= 11 is 0. The number of hydrogen-bond acceptors (Lipinski definition) is 3. The zero-order chi connectivity index (χ0) is 14.4. The van der Waals surface area contributed by atoms with Crippen LogP contribution in [0.5, 0.6) is 0 Å². The first-order chi connectivity index (χ1) is 9.74. The van der Waals surface area contributed by atoms with Crippen LogP contribution in [0.3, 0.4) is 0 Å². The van der Waals surface area contributed by atoms with Gasteiger partial charge in [-0.2, -0.15) is 10.2 Å². The van der Waals surface area contributed by atoms with Gasteiger partial charge >= 0.3 is 0 Å². The van der Waals surface area contributed by atoms with Crippen LogP contribution in [0.15, 0.2) is 18.3 Å². The van der Waals surface area contributed by atoms with Crippen molar-refractivity contribution in [2.24, 2.45) is 0 Å². The molecule has 0 radical (unpaired) electrons. The number of aromatic nitrogens is 4. The lowest BCUT2D eigenvalue weighted by Crippen LogP contribution is -2.19. The van der Waals surface area contributed by atoms with Crippen LogP contribution in [0.1, 0.15) is 43.8 Å². The lowest BCUT2D eigenvalue weighted by atomic mass is 10.3. The fourth-order valence-corrected chi connectivity index (χ4v) is 2.39. The molecule has 118 valence electrons. The predicted molar refractivity (Wildman–Crippen MR) is 87.6 cm³/mol. The average molecular weight is 312 g/mol. The molecule has 0 aliphatic rings. The summed E-state index contributed by atoms with van der Waals surface area (Å²) in [6.45, 7) is 10.1. The minimum atomic E-state index is 0. The van der Waals surface area contributed by atoms with E-state index in [1.807, 2.05) is 13.1 Å². The van der Waals surface area contributed by atoms with Crippen molar-refractivity contribution in [1.82, 2.24) is 24.9 Å². The molecule has 0 atom stereocenters. The van der Waals surface area contributed by atoms with Crippen molar-refractivity contribution >= 4 is 12.4 Å². The summed E-state index contributed by atoms with van der Waals surface area (Å²) < 4.78 is 4.17. The molecule has 6 heteroatoms. The highest BCUT2D eigenvalue weighted by molar-refractivity contribution is 5.85. The molecule has 0 aliphatic heterocycles. The maximum atomic E-state index is 4.52. The third-order valence-electron chi connectivity index (χ3n) is 3.27. The van der Waals surface area contributed by atoms with E-state index in [1.54, 1.807) is 0 Å². The van der Waals surface area contributed by atoms with Gasteiger partial charge in [-0.25, -0.2) is 0 Å². The monoisotopic (exact) mass is 311 g/mol. The third-order valence-corrected chi connectivity index (χ3v) is 3.27. The molecule has 0 bridgehead atoms. The maximum absolute atomic E-state index is 4.52. The van der Waals surface area contributed by atoms with Crippen LogP contribution in [0.2, 0.25) is 0 Å². The minimum absolute atomic E-state index is 0. The molecule has 2 aromatic heterocycles. The quantitative estimate of drug-likeness (QED) is 0.815. The van der Waals surface area contributed by atoms with Crippen molar-refractivity contribution in [2.45, 2.75) is 59.8 Å². The molecule has 0 unspecified atom stereocenters. The SMILES string of the molecule is CCCn1nccc1CNCc1cc(C)nn1CCC.Cl. The van der Waals surface area contributed by atoms with Gasteiger partial charge in [0.05, 0.1) is 17.1 Å². The van der Waals surface area contributed by atoms with Gasteiger partial charge in [0.2, 0.25) is 0 Å². The summed E-state index contributed by atoms with van der Waals surface area (Å²) in [6.07, 6.45) is 4.09. The molecule has 0 saturated heterocycles. The topological polar surface area (TPSA) is 47.7 Å². The highest BCUT2D eigenvalue weighted by atomic mass is 35.5. The Morgan fingerprint density at radius 2 is 1.71 bits per heavy atom. The highest BCUT2D eigenvalue weighted by Gasteiger charge is 2.05. The van der Waals surface area contributed by atoms with Gasteiger partial charge in [-0.1, -0.05) is 13.8 Å². The van der Waals surface area contributed by atoms with Crippen LogP contribution in [0.4, 0.5) is 0 Å². The molecule has 0 aliphatic carbocycles. The van der Waals surface area contributed by atoms with Gasteiger partial charge in [-0.05, 0) is 31.9 Å². The summed E-state index contributed by atoms with van der Waals surface area (Å²) in [5, 5.41) is 12.4. The van der Waals surface area contributed by atoms with Crippen LogP contribution in [-0.4, -0.2) is 19.6 Å². The van der Waals surface area contributed by atoms with Gasteiger partial charge in [0.25, 0.3) is 0 Å². The van der Waals surface area contributed by atoms with Gasteiger partial charge < -0.3 is 5.32 Å². The molecule has 2 heterocycles. The number of aryl methyl sites for hydroxylation is 3. The van der Waals surface area contributed by atoms with E-state index in [2.05, 4.69) is 50.9 Å². The first kappa shape index (κ1) is 17.7. The minimum Gasteiger partial charge on any atom is -0.306 e. The Morgan fingerprint density at radius 1 is 1.05 bits per heavy atom. The maximum Gasteiger partial charge on any atom is 0.0597 e. The Labute approximate surface area is 133 Å². The van der Waals surface area contributed by atoms with Crippen molar-refractivity contribution in [2.75, 3.05) is 0 Å². The van der Waals surface area contributed by atoms with Gasteiger partial charge in [-0.3, -0.25) is 9.36 Å². The summed E-state index contributed by atoms with van der Waals surface area (Å²) in [6, 6.07) is 4.24. The number of rotatable bonds is 8. The van der Waals surface area contributed by atoms with Gasteiger partial charge in [0, 0.05) is 32.4 Å². The average Bonchev–Trinajstić information content (AvgIpc) is 2.99. The van der Waals surface area contributed by atoms with E-state index >= 15 is 0 Å². The van der Waals surface area contributed by atoms with Crippen molar-refractivity contribution in [3.63, 3.8) is 0 Å². The highest BCUT2D eigenvalue weighted by Crippen LogP contribution is 2.06. The van der Waals surface area contributed by atoms with Gasteiger partial charge in [0.15, 0.2) is 0 Å². The van der Waals surface area contributed by atoms with Crippen LogP contribution in [0.25, 0.3) is 0 Å². The summed E-state index contributed by atoms with van der Waals surface area (Å²) in [5.41, 5.74) is 3.59. The Bertz CT molecular complexity index is 532. The van der Waals surface area contributed by atoms with E-state index in [0.29, 0.717) is 0 Å². The molecule has 0 aromatic carbocycles. The molecule has 0 amide bonds. The van der Waals surface area contributed by atoms with E-state index in [9.17, 15) is 0 Å². The lowest BCUT2D eigenvalue weighted by molar-refractivity contribution is 0.524. The van der Waals surface area contributed by atoms with Gasteiger partial charge in [0.1, 0.15) is 0 Å². The number of halogens is 1. The second kappa shape index (κ2) is 8.85. The van der Waals surface area contributed by atoms with E-state index in [1.165, 1.54) is 11.4 Å². The fraction of sp³-hybridized carbons (Fsp3) is 0.600. The molecular formula is C15H26ClN5. The molecule has 0 fully saturated rings. The van der Waals surface area contributed by atoms with E-state index in [4.69, 9.17) is 0 Å². The van der Waals surface area contributed by atoms with E-state index < -0.39 is 0 Å². The Morgan fingerprint density at radius 3 is 2.43 bits per heavy atom. The van der Waals surface area contributed by atoms with E-state index in [0.717, 1.165) is 44.7 Å². The van der Waals surface area contributed by atoms with Crippen LogP contribution >= 0.6 is 12.4 Å². The first-order valence-corrected chi connectivity index (χ1v) is 7.49. The largest absolute Gasteiger partial charge is 0.306 e. The Kier molecular flexibility index (Phi) is 7.47.